The summed E-state index contributed by atoms with van der Waals surface area (Å²) in [5.74, 6) is 0.00884. The Hall–Kier alpha value is -1.41. The molecule has 0 bridgehead atoms. The number of carbonyl (C=O) groups excluding carboxylic acids is 1. The fraction of sp³-hybridized carbons (Fsp3) is 0.235. The van der Waals surface area contributed by atoms with Crippen LogP contribution < -0.4 is 10.5 Å². The standard InChI is InChI=1S/C17H16BrClN2O3S/c18-15-8-7-13(25(20,23)24)9-14(15)17(22)21-16(10-1-2-10)11-3-5-12(19)6-4-11/h3-10,16H,1-2H2,(H,21,22)(H2,20,23,24). The van der Waals surface area contributed by atoms with Crippen molar-refractivity contribution in [1.82, 2.24) is 5.32 Å². The van der Waals surface area contributed by atoms with Gasteiger partial charge in [0.2, 0.25) is 10.0 Å². The van der Waals surface area contributed by atoms with E-state index in [1.54, 1.807) is 12.1 Å². The van der Waals surface area contributed by atoms with E-state index in [0.717, 1.165) is 18.4 Å². The smallest absolute Gasteiger partial charge is 0.252 e. The fourth-order valence-corrected chi connectivity index (χ4v) is 3.74. The summed E-state index contributed by atoms with van der Waals surface area (Å²) >= 11 is 9.22. The molecule has 1 fully saturated rings. The third-order valence-electron chi connectivity index (χ3n) is 4.12. The first-order valence-electron chi connectivity index (χ1n) is 7.64. The number of halogens is 2. The molecule has 0 aliphatic heterocycles. The zero-order chi connectivity index (χ0) is 18.2. The van der Waals surface area contributed by atoms with Gasteiger partial charge in [-0.15, -0.1) is 0 Å². The van der Waals surface area contributed by atoms with Crippen molar-refractivity contribution < 1.29 is 13.2 Å². The van der Waals surface area contributed by atoms with Crippen LogP contribution in [0, 0.1) is 5.92 Å². The van der Waals surface area contributed by atoms with Gasteiger partial charge in [0.25, 0.3) is 5.91 Å². The Morgan fingerprint density at radius 3 is 2.40 bits per heavy atom. The zero-order valence-corrected chi connectivity index (χ0v) is 16.2. The van der Waals surface area contributed by atoms with Crippen molar-refractivity contribution in [2.24, 2.45) is 11.1 Å². The molecule has 1 unspecified atom stereocenters. The SMILES string of the molecule is NS(=O)(=O)c1ccc(Br)c(C(=O)NC(c2ccc(Cl)cc2)C2CC2)c1. The summed E-state index contributed by atoms with van der Waals surface area (Å²) in [7, 11) is -3.88. The third kappa shape index (κ3) is 4.41. The van der Waals surface area contributed by atoms with Crippen LogP contribution in [-0.2, 0) is 10.0 Å². The van der Waals surface area contributed by atoms with Crippen molar-refractivity contribution in [2.45, 2.75) is 23.8 Å². The molecule has 3 N–H and O–H groups in total. The molecule has 132 valence electrons. The van der Waals surface area contributed by atoms with Crippen LogP contribution in [0.2, 0.25) is 5.02 Å². The van der Waals surface area contributed by atoms with E-state index in [9.17, 15) is 13.2 Å². The van der Waals surface area contributed by atoms with Crippen molar-refractivity contribution in [3.05, 3.63) is 63.1 Å². The predicted molar refractivity (Wildman–Crippen MR) is 99.9 cm³/mol. The quantitative estimate of drug-likeness (QED) is 0.739. The molecular weight excluding hydrogens is 428 g/mol. The molecular formula is C17H16BrClN2O3S. The van der Waals surface area contributed by atoms with Gasteiger partial charge in [0.1, 0.15) is 0 Å². The number of hydrogen-bond acceptors (Lipinski definition) is 3. The topological polar surface area (TPSA) is 89.3 Å². The summed E-state index contributed by atoms with van der Waals surface area (Å²) in [4.78, 5) is 12.6. The highest BCUT2D eigenvalue weighted by Gasteiger charge is 2.34. The molecule has 1 saturated carbocycles. The maximum atomic E-state index is 12.7. The summed E-state index contributed by atoms with van der Waals surface area (Å²) in [5, 5.41) is 8.79. The van der Waals surface area contributed by atoms with E-state index in [4.69, 9.17) is 16.7 Å². The lowest BCUT2D eigenvalue weighted by atomic mass is 10.0. The van der Waals surface area contributed by atoms with Crippen LogP contribution in [0.15, 0.2) is 51.8 Å². The van der Waals surface area contributed by atoms with Crippen LogP contribution in [0.25, 0.3) is 0 Å². The van der Waals surface area contributed by atoms with Crippen molar-refractivity contribution in [2.75, 3.05) is 0 Å². The highest BCUT2D eigenvalue weighted by molar-refractivity contribution is 9.10. The molecule has 0 radical (unpaired) electrons. The highest BCUT2D eigenvalue weighted by Crippen LogP contribution is 2.41. The minimum Gasteiger partial charge on any atom is -0.345 e. The van der Waals surface area contributed by atoms with Gasteiger partial charge in [-0.3, -0.25) is 4.79 Å². The molecule has 0 aromatic heterocycles. The Balaban J connectivity index is 1.88. The minimum absolute atomic E-state index is 0.102. The first kappa shape index (κ1) is 18.4. The average Bonchev–Trinajstić information content (AvgIpc) is 3.37. The molecule has 1 amide bonds. The number of sulfonamides is 1. The molecule has 2 aromatic carbocycles. The summed E-state index contributed by atoms with van der Waals surface area (Å²) < 4.78 is 23.6. The molecule has 5 nitrogen and oxygen atoms in total. The van der Waals surface area contributed by atoms with E-state index < -0.39 is 10.0 Å². The van der Waals surface area contributed by atoms with Gasteiger partial charge in [0.15, 0.2) is 0 Å². The van der Waals surface area contributed by atoms with E-state index >= 15 is 0 Å². The zero-order valence-electron chi connectivity index (χ0n) is 13.1. The Labute approximate surface area is 159 Å². The Morgan fingerprint density at radius 1 is 1.20 bits per heavy atom. The number of amides is 1. The number of rotatable bonds is 5. The van der Waals surface area contributed by atoms with Gasteiger partial charge in [-0.2, -0.15) is 0 Å². The van der Waals surface area contributed by atoms with Gasteiger partial charge in [0.05, 0.1) is 16.5 Å². The van der Waals surface area contributed by atoms with Crippen molar-refractivity contribution >= 4 is 43.5 Å². The lowest BCUT2D eigenvalue weighted by Crippen LogP contribution is -2.30. The second-order valence-electron chi connectivity index (χ2n) is 6.03. The second kappa shape index (κ2) is 7.07. The molecule has 0 heterocycles. The predicted octanol–water partition coefficient (Wildman–Crippen LogP) is 3.63. The number of nitrogens with one attached hydrogen (secondary N) is 1. The van der Waals surface area contributed by atoms with Crippen LogP contribution >= 0.6 is 27.5 Å². The van der Waals surface area contributed by atoms with Gasteiger partial charge in [-0.05, 0) is 70.6 Å². The van der Waals surface area contributed by atoms with Gasteiger partial charge >= 0.3 is 0 Å². The van der Waals surface area contributed by atoms with Crippen LogP contribution in [0.5, 0.6) is 0 Å². The van der Waals surface area contributed by atoms with E-state index in [0.29, 0.717) is 15.4 Å². The summed E-state index contributed by atoms with van der Waals surface area (Å²) in [6, 6.07) is 11.3. The molecule has 2 aromatic rings. The number of hydrogen-bond donors (Lipinski definition) is 2. The lowest BCUT2D eigenvalue weighted by molar-refractivity contribution is 0.0930. The first-order chi connectivity index (χ1) is 11.8. The van der Waals surface area contributed by atoms with Crippen molar-refractivity contribution in [1.29, 1.82) is 0 Å². The fourth-order valence-electron chi connectivity index (χ4n) is 2.65. The molecule has 25 heavy (non-hydrogen) atoms. The molecule has 1 aliphatic carbocycles. The summed E-state index contributed by atoms with van der Waals surface area (Å²) in [6.07, 6.45) is 2.07. The number of primary sulfonamides is 1. The van der Waals surface area contributed by atoms with E-state index in [2.05, 4.69) is 21.2 Å². The van der Waals surface area contributed by atoms with Gasteiger partial charge in [-0.25, -0.2) is 13.6 Å². The monoisotopic (exact) mass is 442 g/mol. The normalized spacial score (nSPS) is 15.6. The first-order valence-corrected chi connectivity index (χ1v) is 10.4. The largest absolute Gasteiger partial charge is 0.345 e. The molecule has 0 spiro atoms. The van der Waals surface area contributed by atoms with E-state index in [1.165, 1.54) is 18.2 Å². The number of nitrogens with two attached hydrogens (primary N) is 1. The number of benzene rings is 2. The molecule has 1 atom stereocenters. The second-order valence-corrected chi connectivity index (χ2v) is 8.88. The highest BCUT2D eigenvalue weighted by atomic mass is 79.9. The van der Waals surface area contributed by atoms with E-state index in [-0.39, 0.29) is 22.4 Å². The van der Waals surface area contributed by atoms with E-state index in [1.807, 2.05) is 12.1 Å². The van der Waals surface area contributed by atoms with Crippen LogP contribution in [0.3, 0.4) is 0 Å². The van der Waals surface area contributed by atoms with Crippen LogP contribution in [0.1, 0.15) is 34.8 Å². The summed E-state index contributed by atoms with van der Waals surface area (Å²) in [6.45, 7) is 0. The lowest BCUT2D eigenvalue weighted by Gasteiger charge is -2.19. The Morgan fingerprint density at radius 2 is 1.84 bits per heavy atom. The maximum absolute atomic E-state index is 12.7. The van der Waals surface area contributed by atoms with Gasteiger partial charge < -0.3 is 5.32 Å². The summed E-state index contributed by atoms with van der Waals surface area (Å²) in [5.41, 5.74) is 1.20. The van der Waals surface area contributed by atoms with Crippen LogP contribution in [0.4, 0.5) is 0 Å². The Bertz CT molecular complexity index is 912. The average molecular weight is 444 g/mol. The molecule has 1 aliphatic rings. The van der Waals surface area contributed by atoms with Crippen molar-refractivity contribution in [3.63, 3.8) is 0 Å². The maximum Gasteiger partial charge on any atom is 0.252 e. The molecule has 3 rings (SSSR count). The van der Waals surface area contributed by atoms with Gasteiger partial charge in [0, 0.05) is 9.50 Å². The minimum atomic E-state index is -3.88. The van der Waals surface area contributed by atoms with Gasteiger partial charge in [-0.1, -0.05) is 23.7 Å². The third-order valence-corrected chi connectivity index (χ3v) is 5.97. The Kier molecular flexibility index (Phi) is 5.20. The molecule has 8 heteroatoms. The van der Waals surface area contributed by atoms with Crippen LogP contribution in [-0.4, -0.2) is 14.3 Å². The number of carbonyl (C=O) groups is 1. The molecule has 0 saturated heterocycles. The van der Waals surface area contributed by atoms with Crippen molar-refractivity contribution in [3.8, 4) is 0 Å².